The number of aliphatic hydroxyl groups excluding tert-OH is 1. The summed E-state index contributed by atoms with van der Waals surface area (Å²) in [6.07, 6.45) is 3.19. The van der Waals surface area contributed by atoms with E-state index in [0.717, 1.165) is 28.8 Å². The first kappa shape index (κ1) is 18.0. The molecule has 0 bridgehead atoms. The van der Waals surface area contributed by atoms with Crippen molar-refractivity contribution in [2.75, 3.05) is 12.3 Å². The van der Waals surface area contributed by atoms with E-state index in [9.17, 15) is 9.90 Å². The molecule has 2 atom stereocenters. The van der Waals surface area contributed by atoms with Crippen molar-refractivity contribution in [3.05, 3.63) is 53.9 Å². The zero-order chi connectivity index (χ0) is 18.0. The summed E-state index contributed by atoms with van der Waals surface area (Å²) in [5.74, 6) is 1.14. The van der Waals surface area contributed by atoms with Crippen molar-refractivity contribution in [1.29, 1.82) is 0 Å². The monoisotopic (exact) mass is 356 g/mol. The zero-order valence-electron chi connectivity index (χ0n) is 14.8. The fourth-order valence-electron chi connectivity index (χ4n) is 3.11. The molecule has 2 unspecified atom stereocenters. The van der Waals surface area contributed by atoms with E-state index in [1.165, 1.54) is 0 Å². The lowest BCUT2D eigenvalue weighted by Crippen LogP contribution is -2.31. The number of rotatable bonds is 5. The van der Waals surface area contributed by atoms with Gasteiger partial charge in [0.15, 0.2) is 0 Å². The second-order valence-corrected chi connectivity index (χ2v) is 7.93. The van der Waals surface area contributed by atoms with Crippen LogP contribution in [0.15, 0.2) is 42.7 Å². The number of pyridine rings is 1. The highest BCUT2D eigenvalue weighted by molar-refractivity contribution is 8.00. The normalized spacial score (nSPS) is 18.8. The Kier molecular flexibility index (Phi) is 5.45. The van der Waals surface area contributed by atoms with Gasteiger partial charge in [0.05, 0.1) is 11.9 Å². The molecule has 2 heterocycles. The van der Waals surface area contributed by atoms with Crippen LogP contribution in [0, 0.1) is 5.92 Å². The van der Waals surface area contributed by atoms with E-state index < -0.39 is 6.10 Å². The lowest BCUT2D eigenvalue weighted by atomic mass is 9.99. The SMILES string of the molecule is CC(C)CN1C(=O)CSC1c1cnccc1-c1ccc(C(C)O)cc1. The van der Waals surface area contributed by atoms with Crippen LogP contribution >= 0.6 is 11.8 Å². The predicted octanol–water partition coefficient (Wildman–Crippen LogP) is 4.03. The Hall–Kier alpha value is -1.85. The van der Waals surface area contributed by atoms with E-state index in [4.69, 9.17) is 0 Å². The molecule has 1 aromatic heterocycles. The maximum Gasteiger partial charge on any atom is 0.233 e. The predicted molar refractivity (Wildman–Crippen MR) is 102 cm³/mol. The molecule has 1 aromatic carbocycles. The fourth-order valence-corrected chi connectivity index (χ4v) is 4.33. The Morgan fingerprint density at radius 3 is 2.60 bits per heavy atom. The third-order valence-corrected chi connectivity index (χ3v) is 5.59. The minimum absolute atomic E-state index is 0.00930. The Labute approximate surface area is 153 Å². The van der Waals surface area contributed by atoms with Gasteiger partial charge in [-0.1, -0.05) is 38.1 Å². The highest BCUT2D eigenvalue weighted by atomic mass is 32.2. The third kappa shape index (κ3) is 3.88. The topological polar surface area (TPSA) is 53.4 Å². The molecular formula is C20H24N2O2S. The zero-order valence-corrected chi connectivity index (χ0v) is 15.7. The number of carbonyl (C=O) groups excluding carboxylic acids is 1. The summed E-state index contributed by atoms with van der Waals surface area (Å²) in [5.41, 5.74) is 4.13. The van der Waals surface area contributed by atoms with Gasteiger partial charge in [-0.15, -0.1) is 11.8 Å². The van der Waals surface area contributed by atoms with Crippen LogP contribution in [0.4, 0.5) is 0 Å². The Morgan fingerprint density at radius 2 is 1.96 bits per heavy atom. The van der Waals surface area contributed by atoms with Crippen molar-refractivity contribution in [2.45, 2.75) is 32.2 Å². The average molecular weight is 356 g/mol. The van der Waals surface area contributed by atoms with Crippen LogP contribution in [0.5, 0.6) is 0 Å². The smallest absolute Gasteiger partial charge is 0.233 e. The largest absolute Gasteiger partial charge is 0.389 e. The van der Waals surface area contributed by atoms with Crippen molar-refractivity contribution in [2.24, 2.45) is 5.92 Å². The number of thioether (sulfide) groups is 1. The van der Waals surface area contributed by atoms with Crippen LogP contribution in [0.25, 0.3) is 11.1 Å². The van der Waals surface area contributed by atoms with Gasteiger partial charge in [0.25, 0.3) is 0 Å². The van der Waals surface area contributed by atoms with Crippen LogP contribution in [-0.2, 0) is 4.79 Å². The van der Waals surface area contributed by atoms with Crippen molar-refractivity contribution < 1.29 is 9.90 Å². The molecule has 1 aliphatic heterocycles. The van der Waals surface area contributed by atoms with Gasteiger partial charge in [-0.05, 0) is 35.6 Å². The average Bonchev–Trinajstić information content (AvgIpc) is 2.95. The van der Waals surface area contributed by atoms with E-state index in [2.05, 4.69) is 18.8 Å². The molecule has 4 nitrogen and oxygen atoms in total. The van der Waals surface area contributed by atoms with E-state index in [1.807, 2.05) is 41.4 Å². The number of nitrogens with zero attached hydrogens (tertiary/aromatic N) is 2. The van der Waals surface area contributed by atoms with Crippen LogP contribution in [0.2, 0.25) is 0 Å². The van der Waals surface area contributed by atoms with Crippen molar-refractivity contribution >= 4 is 17.7 Å². The van der Waals surface area contributed by atoms with Gasteiger partial charge in [-0.2, -0.15) is 0 Å². The molecule has 132 valence electrons. The number of hydrogen-bond donors (Lipinski definition) is 1. The van der Waals surface area contributed by atoms with Crippen molar-refractivity contribution in [3.8, 4) is 11.1 Å². The number of benzene rings is 1. The molecule has 2 aromatic rings. The molecule has 1 N–H and O–H groups in total. The first-order chi connectivity index (χ1) is 12.0. The second-order valence-electron chi connectivity index (χ2n) is 6.86. The van der Waals surface area contributed by atoms with Gasteiger partial charge in [0.1, 0.15) is 5.37 Å². The Morgan fingerprint density at radius 1 is 1.24 bits per heavy atom. The molecule has 0 aliphatic carbocycles. The summed E-state index contributed by atoms with van der Waals surface area (Å²) in [6, 6.07) is 9.94. The van der Waals surface area contributed by atoms with Gasteiger partial charge in [-0.3, -0.25) is 9.78 Å². The van der Waals surface area contributed by atoms with Gasteiger partial charge in [0.2, 0.25) is 5.91 Å². The number of carbonyl (C=O) groups is 1. The summed E-state index contributed by atoms with van der Waals surface area (Å²) in [4.78, 5) is 18.6. The van der Waals surface area contributed by atoms with Crippen LogP contribution in [0.3, 0.4) is 0 Å². The summed E-state index contributed by atoms with van der Waals surface area (Å²) in [5, 5.41) is 9.71. The van der Waals surface area contributed by atoms with Crippen LogP contribution < -0.4 is 0 Å². The highest BCUT2D eigenvalue weighted by Crippen LogP contribution is 2.42. The number of amides is 1. The standard InChI is InChI=1S/C20H24N2O2S/c1-13(2)11-22-19(24)12-25-20(22)18-10-21-9-8-17(18)16-6-4-15(5-7-16)14(3)23/h4-10,13-14,20,23H,11-12H2,1-3H3. The van der Waals surface area contributed by atoms with E-state index in [-0.39, 0.29) is 11.3 Å². The van der Waals surface area contributed by atoms with E-state index >= 15 is 0 Å². The van der Waals surface area contributed by atoms with Gasteiger partial charge >= 0.3 is 0 Å². The molecule has 1 fully saturated rings. The molecule has 25 heavy (non-hydrogen) atoms. The molecule has 0 saturated carbocycles. The summed E-state index contributed by atoms with van der Waals surface area (Å²) in [6.45, 7) is 6.78. The van der Waals surface area contributed by atoms with Gasteiger partial charge < -0.3 is 10.0 Å². The highest BCUT2D eigenvalue weighted by Gasteiger charge is 2.34. The summed E-state index contributed by atoms with van der Waals surface area (Å²) in [7, 11) is 0. The van der Waals surface area contributed by atoms with Gasteiger partial charge in [0, 0.05) is 24.5 Å². The van der Waals surface area contributed by atoms with E-state index in [1.54, 1.807) is 24.9 Å². The summed E-state index contributed by atoms with van der Waals surface area (Å²) >= 11 is 1.67. The molecule has 0 radical (unpaired) electrons. The minimum atomic E-state index is -0.476. The quantitative estimate of drug-likeness (QED) is 0.879. The summed E-state index contributed by atoms with van der Waals surface area (Å²) < 4.78 is 0. The first-order valence-electron chi connectivity index (χ1n) is 8.60. The number of aliphatic hydroxyl groups is 1. The molecular weight excluding hydrogens is 332 g/mol. The Balaban J connectivity index is 1.97. The molecule has 1 aliphatic rings. The lowest BCUT2D eigenvalue weighted by molar-refractivity contribution is -0.128. The molecule has 0 spiro atoms. The fraction of sp³-hybridized carbons (Fsp3) is 0.400. The van der Waals surface area contributed by atoms with Crippen molar-refractivity contribution in [1.82, 2.24) is 9.88 Å². The maximum absolute atomic E-state index is 12.3. The van der Waals surface area contributed by atoms with Gasteiger partial charge in [-0.25, -0.2) is 0 Å². The van der Waals surface area contributed by atoms with Crippen molar-refractivity contribution in [3.63, 3.8) is 0 Å². The Bertz CT molecular complexity index is 744. The maximum atomic E-state index is 12.3. The second kappa shape index (κ2) is 7.58. The molecule has 1 amide bonds. The van der Waals surface area contributed by atoms with Crippen LogP contribution in [0.1, 0.15) is 43.4 Å². The molecule has 5 heteroatoms. The lowest BCUT2D eigenvalue weighted by Gasteiger charge is -2.27. The third-order valence-electron chi connectivity index (χ3n) is 4.35. The first-order valence-corrected chi connectivity index (χ1v) is 9.65. The molecule has 3 rings (SSSR count). The number of aromatic nitrogens is 1. The van der Waals surface area contributed by atoms with Crippen LogP contribution in [-0.4, -0.2) is 33.2 Å². The van der Waals surface area contributed by atoms with E-state index in [0.29, 0.717) is 11.7 Å². The molecule has 1 saturated heterocycles. The minimum Gasteiger partial charge on any atom is -0.389 e. The number of hydrogen-bond acceptors (Lipinski definition) is 4.